The van der Waals surface area contributed by atoms with Gasteiger partial charge in [-0.1, -0.05) is 0 Å². The average molecular weight is 227 g/mol. The Hall–Kier alpha value is -0.650. The Labute approximate surface area is 96.7 Å². The molecule has 2 aliphatic heterocycles. The Balaban J connectivity index is 1.82. The van der Waals surface area contributed by atoms with Crippen LogP contribution in [-0.2, 0) is 9.53 Å². The SMILES string of the molecule is CN1CCC(N(C)CC2CNCCO2)C1=O. The first-order valence-electron chi connectivity index (χ1n) is 5.96. The maximum atomic E-state index is 11.8. The van der Waals surface area contributed by atoms with E-state index in [1.807, 2.05) is 14.1 Å². The fourth-order valence-electron chi connectivity index (χ4n) is 2.40. The van der Waals surface area contributed by atoms with Crippen molar-refractivity contribution in [3.8, 4) is 0 Å². The molecule has 2 heterocycles. The van der Waals surface area contributed by atoms with Gasteiger partial charge in [0.15, 0.2) is 0 Å². The van der Waals surface area contributed by atoms with Gasteiger partial charge in [-0.2, -0.15) is 0 Å². The number of likely N-dealkylation sites (tertiary alicyclic amines) is 1. The van der Waals surface area contributed by atoms with E-state index in [4.69, 9.17) is 4.74 Å². The third kappa shape index (κ3) is 2.53. The number of nitrogens with one attached hydrogen (secondary N) is 1. The molecule has 0 aliphatic carbocycles. The molecule has 0 spiro atoms. The smallest absolute Gasteiger partial charge is 0.239 e. The summed E-state index contributed by atoms with van der Waals surface area (Å²) in [6.45, 7) is 4.30. The summed E-state index contributed by atoms with van der Waals surface area (Å²) in [7, 11) is 3.88. The molecule has 0 bridgehead atoms. The molecule has 2 saturated heterocycles. The number of likely N-dealkylation sites (N-methyl/N-ethyl adjacent to an activating group) is 2. The van der Waals surface area contributed by atoms with Crippen molar-refractivity contribution in [3.05, 3.63) is 0 Å². The van der Waals surface area contributed by atoms with E-state index in [1.54, 1.807) is 4.90 Å². The zero-order chi connectivity index (χ0) is 11.5. The van der Waals surface area contributed by atoms with Crippen LogP contribution in [0.4, 0.5) is 0 Å². The van der Waals surface area contributed by atoms with Crippen molar-refractivity contribution < 1.29 is 9.53 Å². The third-order valence-electron chi connectivity index (χ3n) is 3.43. The van der Waals surface area contributed by atoms with Crippen LogP contribution in [0.5, 0.6) is 0 Å². The first-order chi connectivity index (χ1) is 7.68. The minimum atomic E-state index is 0.0514. The van der Waals surface area contributed by atoms with Gasteiger partial charge in [0.1, 0.15) is 0 Å². The van der Waals surface area contributed by atoms with Crippen LogP contribution < -0.4 is 5.32 Å². The van der Waals surface area contributed by atoms with Crippen LogP contribution in [0.2, 0.25) is 0 Å². The standard InChI is InChI=1S/C11H21N3O2/c1-13-5-3-10(11(13)15)14(2)8-9-7-12-4-6-16-9/h9-10,12H,3-8H2,1-2H3. The zero-order valence-corrected chi connectivity index (χ0v) is 10.1. The number of rotatable bonds is 3. The van der Waals surface area contributed by atoms with Crippen LogP contribution >= 0.6 is 0 Å². The summed E-state index contributed by atoms with van der Waals surface area (Å²) in [5, 5.41) is 3.30. The fraction of sp³-hybridized carbons (Fsp3) is 0.909. The average Bonchev–Trinajstić information content (AvgIpc) is 2.61. The van der Waals surface area contributed by atoms with Gasteiger partial charge in [-0.25, -0.2) is 0 Å². The summed E-state index contributed by atoms with van der Waals surface area (Å²) in [6.07, 6.45) is 1.16. The molecule has 5 nitrogen and oxygen atoms in total. The molecule has 0 aromatic carbocycles. The Kier molecular flexibility index (Phi) is 3.78. The molecule has 92 valence electrons. The number of amides is 1. The summed E-state index contributed by atoms with van der Waals surface area (Å²) < 4.78 is 5.64. The molecule has 5 heteroatoms. The summed E-state index contributed by atoms with van der Waals surface area (Å²) in [6, 6.07) is 0.0514. The quantitative estimate of drug-likeness (QED) is 0.681. The van der Waals surface area contributed by atoms with Gasteiger partial charge >= 0.3 is 0 Å². The van der Waals surface area contributed by atoms with E-state index in [2.05, 4.69) is 10.2 Å². The molecule has 2 fully saturated rings. The Bertz CT molecular complexity index is 254. The first kappa shape index (κ1) is 11.8. The predicted molar refractivity (Wildman–Crippen MR) is 61.3 cm³/mol. The normalized spacial score (nSPS) is 31.4. The van der Waals surface area contributed by atoms with Crippen LogP contribution in [0.3, 0.4) is 0 Å². The highest BCUT2D eigenvalue weighted by Gasteiger charge is 2.33. The van der Waals surface area contributed by atoms with Crippen molar-refractivity contribution in [1.29, 1.82) is 0 Å². The van der Waals surface area contributed by atoms with E-state index < -0.39 is 0 Å². The van der Waals surface area contributed by atoms with E-state index in [1.165, 1.54) is 0 Å². The van der Waals surface area contributed by atoms with E-state index in [0.717, 1.165) is 39.2 Å². The lowest BCUT2D eigenvalue weighted by molar-refractivity contribution is -0.131. The molecule has 2 unspecified atom stereocenters. The van der Waals surface area contributed by atoms with Crippen molar-refractivity contribution in [2.75, 3.05) is 46.9 Å². The van der Waals surface area contributed by atoms with Crippen LogP contribution in [0, 0.1) is 0 Å². The minimum absolute atomic E-state index is 0.0514. The molecule has 1 N–H and O–H groups in total. The maximum absolute atomic E-state index is 11.8. The van der Waals surface area contributed by atoms with E-state index in [-0.39, 0.29) is 18.1 Å². The van der Waals surface area contributed by atoms with E-state index in [0.29, 0.717) is 0 Å². The van der Waals surface area contributed by atoms with Crippen LogP contribution in [0.1, 0.15) is 6.42 Å². The van der Waals surface area contributed by atoms with Crippen molar-refractivity contribution in [1.82, 2.24) is 15.1 Å². The van der Waals surface area contributed by atoms with Crippen molar-refractivity contribution in [2.24, 2.45) is 0 Å². The van der Waals surface area contributed by atoms with Gasteiger partial charge in [0, 0.05) is 33.2 Å². The summed E-state index contributed by atoms with van der Waals surface area (Å²) in [5.74, 6) is 0.242. The summed E-state index contributed by atoms with van der Waals surface area (Å²) >= 11 is 0. The molecule has 1 amide bonds. The molecular formula is C11H21N3O2. The fourth-order valence-corrected chi connectivity index (χ4v) is 2.40. The van der Waals surface area contributed by atoms with Crippen molar-refractivity contribution in [2.45, 2.75) is 18.6 Å². The van der Waals surface area contributed by atoms with E-state index in [9.17, 15) is 4.79 Å². The van der Waals surface area contributed by atoms with Crippen LogP contribution in [0.15, 0.2) is 0 Å². The lowest BCUT2D eigenvalue weighted by Gasteiger charge is -2.30. The second-order valence-corrected chi connectivity index (χ2v) is 4.70. The lowest BCUT2D eigenvalue weighted by atomic mass is 10.2. The van der Waals surface area contributed by atoms with Gasteiger partial charge in [0.25, 0.3) is 0 Å². The number of ether oxygens (including phenoxy) is 1. The van der Waals surface area contributed by atoms with Crippen molar-refractivity contribution in [3.63, 3.8) is 0 Å². The maximum Gasteiger partial charge on any atom is 0.239 e. The Morgan fingerprint density at radius 1 is 1.62 bits per heavy atom. The molecule has 0 aromatic rings. The topological polar surface area (TPSA) is 44.8 Å². The zero-order valence-electron chi connectivity index (χ0n) is 10.1. The highest BCUT2D eigenvalue weighted by atomic mass is 16.5. The molecule has 0 saturated carbocycles. The van der Waals surface area contributed by atoms with Gasteiger partial charge in [-0.15, -0.1) is 0 Å². The molecule has 0 aromatic heterocycles. The molecule has 0 radical (unpaired) electrons. The Morgan fingerprint density at radius 3 is 3.00 bits per heavy atom. The van der Waals surface area contributed by atoms with E-state index >= 15 is 0 Å². The second kappa shape index (κ2) is 5.12. The number of morpholine rings is 1. The number of hydrogen-bond donors (Lipinski definition) is 1. The van der Waals surface area contributed by atoms with Gasteiger partial charge in [0.05, 0.1) is 18.8 Å². The van der Waals surface area contributed by atoms with Crippen LogP contribution in [-0.4, -0.2) is 74.7 Å². The second-order valence-electron chi connectivity index (χ2n) is 4.70. The summed E-state index contributed by atoms with van der Waals surface area (Å²) in [4.78, 5) is 15.8. The number of carbonyl (C=O) groups excluding carboxylic acids is 1. The molecule has 2 aliphatic rings. The number of hydrogen-bond acceptors (Lipinski definition) is 4. The lowest BCUT2D eigenvalue weighted by Crippen LogP contribution is -2.48. The van der Waals surface area contributed by atoms with Crippen molar-refractivity contribution >= 4 is 5.91 Å². The Morgan fingerprint density at radius 2 is 2.44 bits per heavy atom. The minimum Gasteiger partial charge on any atom is -0.374 e. The molecule has 16 heavy (non-hydrogen) atoms. The summed E-state index contributed by atoms with van der Waals surface area (Å²) in [5.41, 5.74) is 0. The largest absolute Gasteiger partial charge is 0.374 e. The van der Waals surface area contributed by atoms with Gasteiger partial charge in [-0.05, 0) is 13.5 Å². The van der Waals surface area contributed by atoms with Crippen LogP contribution in [0.25, 0.3) is 0 Å². The highest BCUT2D eigenvalue weighted by Crippen LogP contribution is 2.15. The third-order valence-corrected chi connectivity index (χ3v) is 3.43. The monoisotopic (exact) mass is 227 g/mol. The predicted octanol–water partition coefficient (Wildman–Crippen LogP) is -0.863. The molecular weight excluding hydrogens is 206 g/mol. The number of nitrogens with zero attached hydrogens (tertiary/aromatic N) is 2. The highest BCUT2D eigenvalue weighted by molar-refractivity contribution is 5.83. The van der Waals surface area contributed by atoms with Gasteiger partial charge in [-0.3, -0.25) is 9.69 Å². The van der Waals surface area contributed by atoms with Gasteiger partial charge < -0.3 is 15.0 Å². The first-order valence-corrected chi connectivity index (χ1v) is 5.96. The number of carbonyl (C=O) groups is 1. The van der Waals surface area contributed by atoms with Gasteiger partial charge in [0.2, 0.25) is 5.91 Å². The molecule has 2 atom stereocenters. The molecule has 2 rings (SSSR count).